The number of para-hydroxylation sites is 1. The number of rotatable bonds is 4. The summed E-state index contributed by atoms with van der Waals surface area (Å²) in [6.07, 6.45) is -3.26. The van der Waals surface area contributed by atoms with Gasteiger partial charge in [0.15, 0.2) is 0 Å². The summed E-state index contributed by atoms with van der Waals surface area (Å²) in [5, 5.41) is 0. The Hall–Kier alpha value is -1.64. The van der Waals surface area contributed by atoms with Gasteiger partial charge in [0.05, 0.1) is 11.7 Å². The maximum Gasteiger partial charge on any atom is 0.573 e. The lowest BCUT2D eigenvalue weighted by molar-refractivity contribution is -0.275. The van der Waals surface area contributed by atoms with E-state index in [0.717, 1.165) is 0 Å². The van der Waals surface area contributed by atoms with Crippen molar-refractivity contribution in [1.29, 1.82) is 0 Å². The molecular weight excluding hydrogens is 351 g/mol. The zero-order valence-electron chi connectivity index (χ0n) is 10.6. The number of hydrogen-bond donors (Lipinski definition) is 2. The van der Waals surface area contributed by atoms with Gasteiger partial charge in [0.25, 0.3) is 0 Å². The molecule has 0 aliphatic carbocycles. The molecule has 4 nitrogen and oxygen atoms in total. The van der Waals surface area contributed by atoms with E-state index in [-0.39, 0.29) is 11.3 Å². The van der Waals surface area contributed by atoms with Crippen molar-refractivity contribution < 1.29 is 17.9 Å². The zero-order chi connectivity index (χ0) is 15.5. The Labute approximate surface area is 127 Å². The molecule has 3 N–H and O–H groups in total. The average molecular weight is 362 g/mol. The lowest BCUT2D eigenvalue weighted by Crippen LogP contribution is -2.31. The van der Waals surface area contributed by atoms with E-state index in [1.807, 2.05) is 0 Å². The van der Waals surface area contributed by atoms with Gasteiger partial charge in [0, 0.05) is 16.2 Å². The highest BCUT2D eigenvalue weighted by Crippen LogP contribution is 2.34. The maximum atomic E-state index is 12.5. The van der Waals surface area contributed by atoms with Crippen LogP contribution >= 0.6 is 15.9 Å². The van der Waals surface area contributed by atoms with Gasteiger partial charge in [-0.15, -0.1) is 13.2 Å². The highest BCUT2D eigenvalue weighted by atomic mass is 79.9. The van der Waals surface area contributed by atoms with Gasteiger partial charge < -0.3 is 4.74 Å². The molecule has 0 fully saturated rings. The van der Waals surface area contributed by atoms with Crippen LogP contribution in [0.5, 0.6) is 5.75 Å². The van der Waals surface area contributed by atoms with Gasteiger partial charge in [-0.25, -0.2) is 5.43 Å². The maximum absolute atomic E-state index is 12.5. The molecule has 0 aliphatic heterocycles. The van der Waals surface area contributed by atoms with Gasteiger partial charge in [0.2, 0.25) is 0 Å². The number of hydrazine groups is 1. The third kappa shape index (κ3) is 3.93. The van der Waals surface area contributed by atoms with E-state index in [4.69, 9.17) is 5.84 Å². The van der Waals surface area contributed by atoms with Crippen LogP contribution in [0.25, 0.3) is 0 Å². The zero-order valence-corrected chi connectivity index (χ0v) is 12.1. The Morgan fingerprint density at radius 1 is 1.19 bits per heavy atom. The second-order valence-electron chi connectivity index (χ2n) is 4.06. The van der Waals surface area contributed by atoms with Crippen molar-refractivity contribution in [2.45, 2.75) is 12.4 Å². The molecule has 1 aromatic carbocycles. The van der Waals surface area contributed by atoms with E-state index >= 15 is 0 Å². The number of benzene rings is 1. The van der Waals surface area contributed by atoms with E-state index in [1.165, 1.54) is 24.4 Å². The molecule has 1 heterocycles. The SMILES string of the molecule is NNC(c1ccccc1OC(F)(F)F)c1ncccc1Br. The van der Waals surface area contributed by atoms with Crippen LogP contribution in [0.1, 0.15) is 17.3 Å². The summed E-state index contributed by atoms with van der Waals surface area (Å²) in [5.74, 6) is 5.16. The summed E-state index contributed by atoms with van der Waals surface area (Å²) in [5.41, 5.74) is 3.15. The van der Waals surface area contributed by atoms with E-state index in [2.05, 4.69) is 31.1 Å². The minimum absolute atomic E-state index is 0.233. The first-order chi connectivity index (χ1) is 9.92. The molecule has 1 unspecified atom stereocenters. The second-order valence-corrected chi connectivity index (χ2v) is 4.91. The Morgan fingerprint density at radius 2 is 1.90 bits per heavy atom. The number of hydrogen-bond acceptors (Lipinski definition) is 4. The fraction of sp³-hybridized carbons (Fsp3) is 0.154. The first-order valence-electron chi connectivity index (χ1n) is 5.83. The van der Waals surface area contributed by atoms with E-state index in [9.17, 15) is 13.2 Å². The smallest absolute Gasteiger partial charge is 0.405 e. The fourth-order valence-corrected chi connectivity index (χ4v) is 2.35. The van der Waals surface area contributed by atoms with Crippen LogP contribution in [0.4, 0.5) is 13.2 Å². The molecule has 0 saturated carbocycles. The van der Waals surface area contributed by atoms with Crippen molar-refractivity contribution in [3.8, 4) is 5.75 Å². The largest absolute Gasteiger partial charge is 0.573 e. The van der Waals surface area contributed by atoms with Crippen LogP contribution < -0.4 is 16.0 Å². The van der Waals surface area contributed by atoms with Crippen molar-refractivity contribution >= 4 is 15.9 Å². The Kier molecular flexibility index (Phi) is 4.81. The topological polar surface area (TPSA) is 60.2 Å². The summed E-state index contributed by atoms with van der Waals surface area (Å²) in [7, 11) is 0. The van der Waals surface area contributed by atoms with Crippen molar-refractivity contribution in [3.63, 3.8) is 0 Å². The van der Waals surface area contributed by atoms with E-state index in [0.29, 0.717) is 10.2 Å². The lowest BCUT2D eigenvalue weighted by Gasteiger charge is -2.20. The number of halogens is 4. The van der Waals surface area contributed by atoms with Gasteiger partial charge in [-0.3, -0.25) is 10.8 Å². The predicted molar refractivity (Wildman–Crippen MR) is 74.2 cm³/mol. The Bertz CT molecular complexity index is 622. The van der Waals surface area contributed by atoms with Crippen LogP contribution in [0, 0.1) is 0 Å². The molecule has 0 amide bonds. The summed E-state index contributed by atoms with van der Waals surface area (Å²) in [4.78, 5) is 4.14. The first-order valence-corrected chi connectivity index (χ1v) is 6.63. The molecule has 21 heavy (non-hydrogen) atoms. The summed E-state index contributed by atoms with van der Waals surface area (Å²) in [6.45, 7) is 0. The molecule has 0 spiro atoms. The van der Waals surface area contributed by atoms with Crippen LogP contribution in [0.2, 0.25) is 0 Å². The molecule has 112 valence electrons. The number of pyridine rings is 1. The Morgan fingerprint density at radius 3 is 2.52 bits per heavy atom. The third-order valence-corrected chi connectivity index (χ3v) is 3.35. The van der Waals surface area contributed by atoms with Gasteiger partial charge >= 0.3 is 6.36 Å². The highest BCUT2D eigenvalue weighted by Gasteiger charge is 2.33. The summed E-state index contributed by atoms with van der Waals surface area (Å²) < 4.78 is 42.1. The number of nitrogens with two attached hydrogens (primary N) is 1. The molecule has 0 bridgehead atoms. The minimum atomic E-state index is -4.78. The van der Waals surface area contributed by atoms with Crippen LogP contribution in [0.3, 0.4) is 0 Å². The van der Waals surface area contributed by atoms with Gasteiger partial charge in [-0.2, -0.15) is 0 Å². The normalized spacial score (nSPS) is 13.0. The van der Waals surface area contributed by atoms with Crippen LogP contribution in [-0.2, 0) is 0 Å². The van der Waals surface area contributed by atoms with E-state index in [1.54, 1.807) is 18.2 Å². The molecular formula is C13H11BrF3N3O. The molecule has 2 aromatic rings. The number of nitrogens with zero attached hydrogens (tertiary/aromatic N) is 1. The van der Waals surface area contributed by atoms with Gasteiger partial charge in [-0.1, -0.05) is 18.2 Å². The minimum Gasteiger partial charge on any atom is -0.405 e. The molecule has 0 radical (unpaired) electrons. The van der Waals surface area contributed by atoms with Gasteiger partial charge in [-0.05, 0) is 34.1 Å². The van der Waals surface area contributed by atoms with Crippen LogP contribution in [0.15, 0.2) is 47.1 Å². The average Bonchev–Trinajstić information content (AvgIpc) is 2.42. The van der Waals surface area contributed by atoms with Crippen molar-refractivity contribution in [3.05, 3.63) is 58.3 Å². The van der Waals surface area contributed by atoms with Crippen LogP contribution in [-0.4, -0.2) is 11.3 Å². The quantitative estimate of drug-likeness (QED) is 0.647. The first kappa shape index (κ1) is 15.7. The molecule has 1 aromatic heterocycles. The highest BCUT2D eigenvalue weighted by molar-refractivity contribution is 9.10. The number of alkyl halides is 3. The number of nitrogens with one attached hydrogen (secondary N) is 1. The molecule has 8 heteroatoms. The molecule has 0 saturated heterocycles. The molecule has 2 rings (SSSR count). The van der Waals surface area contributed by atoms with Crippen molar-refractivity contribution in [1.82, 2.24) is 10.4 Å². The second kappa shape index (κ2) is 6.42. The lowest BCUT2D eigenvalue weighted by atomic mass is 10.0. The summed E-state index contributed by atoms with van der Waals surface area (Å²) in [6, 6.07) is 8.43. The molecule has 0 aliphatic rings. The van der Waals surface area contributed by atoms with Crippen molar-refractivity contribution in [2.75, 3.05) is 0 Å². The third-order valence-electron chi connectivity index (χ3n) is 2.68. The summed E-state index contributed by atoms with van der Waals surface area (Å²) >= 11 is 3.30. The monoisotopic (exact) mass is 361 g/mol. The van der Waals surface area contributed by atoms with Gasteiger partial charge in [0.1, 0.15) is 5.75 Å². The molecule has 1 atom stereocenters. The Balaban J connectivity index is 2.46. The predicted octanol–water partition coefficient (Wildman–Crippen LogP) is 3.30. The fourth-order valence-electron chi connectivity index (χ4n) is 1.86. The van der Waals surface area contributed by atoms with Crippen molar-refractivity contribution in [2.24, 2.45) is 5.84 Å². The van der Waals surface area contributed by atoms with E-state index < -0.39 is 12.4 Å². The standard InChI is InChI=1S/C13H11BrF3N3O/c14-9-5-3-7-19-12(9)11(20-18)8-4-1-2-6-10(8)21-13(15,16)17/h1-7,11,20H,18H2. The number of ether oxygens (including phenoxy) is 1. The number of aromatic nitrogens is 1.